The Morgan fingerprint density at radius 1 is 1.20 bits per heavy atom. The lowest BCUT2D eigenvalue weighted by Gasteiger charge is -2.01. The minimum atomic E-state index is -0.586. The van der Waals surface area contributed by atoms with Crippen molar-refractivity contribution in [3.63, 3.8) is 0 Å². The molecule has 0 saturated carbocycles. The maximum Gasteiger partial charge on any atom is 0.213 e. The van der Waals surface area contributed by atoms with E-state index in [-0.39, 0.29) is 16.8 Å². The quantitative estimate of drug-likeness (QED) is 0.773. The van der Waals surface area contributed by atoms with E-state index in [1.807, 2.05) is 0 Å². The van der Waals surface area contributed by atoms with Crippen LogP contribution >= 0.6 is 12.2 Å². The largest absolute Gasteiger partial charge is 0.285 e. The van der Waals surface area contributed by atoms with Gasteiger partial charge >= 0.3 is 0 Å². The highest BCUT2D eigenvalue weighted by molar-refractivity contribution is 7.71. The van der Waals surface area contributed by atoms with Gasteiger partial charge in [-0.3, -0.25) is 10.2 Å². The van der Waals surface area contributed by atoms with Crippen LogP contribution in [0.5, 0.6) is 0 Å². The maximum atomic E-state index is 13.2. The van der Waals surface area contributed by atoms with Crippen molar-refractivity contribution in [3.8, 4) is 0 Å². The van der Waals surface area contributed by atoms with Crippen molar-refractivity contribution >= 4 is 12.2 Å². The highest BCUT2D eigenvalue weighted by atomic mass is 32.1. The van der Waals surface area contributed by atoms with Crippen molar-refractivity contribution in [2.75, 3.05) is 0 Å². The van der Waals surface area contributed by atoms with Crippen LogP contribution in [0.3, 0.4) is 0 Å². The summed E-state index contributed by atoms with van der Waals surface area (Å²) in [7, 11) is 0. The van der Waals surface area contributed by atoms with Crippen molar-refractivity contribution in [2.24, 2.45) is 0 Å². The summed E-state index contributed by atoms with van der Waals surface area (Å²) < 4.78 is 26.7. The molecule has 15 heavy (non-hydrogen) atoms. The average molecular weight is 227 g/mol. The van der Waals surface area contributed by atoms with Crippen LogP contribution in [0.1, 0.15) is 11.4 Å². The Kier molecular flexibility index (Phi) is 2.59. The first-order valence-electron chi connectivity index (χ1n) is 4.23. The number of hydrogen-bond donors (Lipinski definition) is 2. The van der Waals surface area contributed by atoms with E-state index in [1.54, 1.807) is 0 Å². The summed E-state index contributed by atoms with van der Waals surface area (Å²) in [5, 5.41) is 5.20. The topological polar surface area (TPSA) is 44.5 Å². The lowest BCUT2D eigenvalue weighted by atomic mass is 10.1. The number of H-pyrrole nitrogens is 2. The number of aromatic amines is 2. The van der Waals surface area contributed by atoms with E-state index < -0.39 is 11.6 Å². The van der Waals surface area contributed by atoms with Gasteiger partial charge in [-0.25, -0.2) is 13.8 Å². The van der Waals surface area contributed by atoms with Gasteiger partial charge in [-0.15, -0.1) is 0 Å². The van der Waals surface area contributed by atoms with E-state index in [9.17, 15) is 8.78 Å². The van der Waals surface area contributed by atoms with Gasteiger partial charge in [0.15, 0.2) is 0 Å². The van der Waals surface area contributed by atoms with E-state index in [2.05, 4.69) is 15.2 Å². The van der Waals surface area contributed by atoms with Crippen LogP contribution in [0.2, 0.25) is 0 Å². The first-order valence-corrected chi connectivity index (χ1v) is 4.64. The lowest BCUT2D eigenvalue weighted by molar-refractivity contribution is 0.559. The van der Waals surface area contributed by atoms with E-state index in [4.69, 9.17) is 12.2 Å². The predicted octanol–water partition coefficient (Wildman–Crippen LogP) is 2.34. The predicted molar refractivity (Wildman–Crippen MR) is 52.9 cm³/mol. The van der Waals surface area contributed by atoms with Gasteiger partial charge in [0.05, 0.1) is 0 Å². The number of hydrogen-bond acceptors (Lipinski definition) is 2. The smallest absolute Gasteiger partial charge is 0.213 e. The van der Waals surface area contributed by atoms with Crippen molar-refractivity contribution in [3.05, 3.63) is 46.0 Å². The highest BCUT2D eigenvalue weighted by Gasteiger charge is 2.10. The second-order valence-corrected chi connectivity index (χ2v) is 3.38. The molecule has 2 aromatic rings. The molecule has 2 N–H and O–H groups in total. The molecule has 0 fully saturated rings. The number of rotatable bonds is 2. The van der Waals surface area contributed by atoms with Gasteiger partial charge in [-0.1, -0.05) is 6.07 Å². The number of benzene rings is 1. The van der Waals surface area contributed by atoms with Crippen molar-refractivity contribution in [2.45, 2.75) is 6.42 Å². The zero-order valence-electron chi connectivity index (χ0n) is 7.55. The molecule has 0 unspecified atom stereocenters. The molecule has 0 aliphatic carbocycles. The molecular weight excluding hydrogens is 220 g/mol. The van der Waals surface area contributed by atoms with Gasteiger partial charge < -0.3 is 0 Å². The second kappa shape index (κ2) is 3.90. The third-order valence-electron chi connectivity index (χ3n) is 1.96. The minimum Gasteiger partial charge on any atom is -0.285 e. The zero-order chi connectivity index (χ0) is 10.8. The van der Waals surface area contributed by atoms with Gasteiger partial charge in [0.25, 0.3) is 0 Å². The Labute approximate surface area is 89.2 Å². The maximum absolute atomic E-state index is 13.2. The van der Waals surface area contributed by atoms with Gasteiger partial charge in [-0.2, -0.15) is 0 Å². The van der Waals surface area contributed by atoms with Crippen LogP contribution in [0.25, 0.3) is 0 Å². The summed E-state index contributed by atoms with van der Waals surface area (Å²) in [4.78, 5) is 3.86. The zero-order valence-corrected chi connectivity index (χ0v) is 8.37. The first-order chi connectivity index (χ1) is 7.16. The van der Waals surface area contributed by atoms with E-state index in [1.165, 1.54) is 18.2 Å². The molecule has 0 aliphatic heterocycles. The fraction of sp³-hybridized carbons (Fsp3) is 0.111. The van der Waals surface area contributed by atoms with Crippen molar-refractivity contribution in [1.29, 1.82) is 0 Å². The molecule has 78 valence electrons. The van der Waals surface area contributed by atoms with Crippen LogP contribution in [0, 0.1) is 16.4 Å². The fourth-order valence-electron chi connectivity index (χ4n) is 1.26. The molecule has 0 atom stereocenters. The minimum absolute atomic E-state index is 0.0183. The van der Waals surface area contributed by atoms with Crippen molar-refractivity contribution in [1.82, 2.24) is 15.2 Å². The summed E-state index contributed by atoms with van der Waals surface area (Å²) in [6.07, 6.45) is 0.0473. The summed E-state index contributed by atoms with van der Waals surface area (Å²) in [5.74, 6) is -0.765. The van der Waals surface area contributed by atoms with E-state index in [0.29, 0.717) is 5.82 Å². The molecule has 1 heterocycles. The Hall–Kier alpha value is -1.56. The average Bonchev–Trinajstić information content (AvgIpc) is 2.58. The molecule has 3 nitrogen and oxygen atoms in total. The molecule has 0 aliphatic rings. The van der Waals surface area contributed by atoms with Gasteiger partial charge in [0.2, 0.25) is 4.77 Å². The van der Waals surface area contributed by atoms with Crippen LogP contribution in [-0.2, 0) is 6.42 Å². The molecular formula is C9H7F2N3S. The van der Waals surface area contributed by atoms with Gasteiger partial charge in [-0.05, 0) is 24.4 Å². The Morgan fingerprint density at radius 3 is 2.40 bits per heavy atom. The first kappa shape index (κ1) is 9.97. The third kappa shape index (κ3) is 2.10. The van der Waals surface area contributed by atoms with Crippen LogP contribution in [-0.4, -0.2) is 15.2 Å². The fourth-order valence-corrected chi connectivity index (χ4v) is 1.42. The van der Waals surface area contributed by atoms with Crippen LogP contribution in [0.15, 0.2) is 18.2 Å². The summed E-state index contributed by atoms with van der Waals surface area (Å²) in [6.45, 7) is 0. The normalized spacial score (nSPS) is 10.5. The Morgan fingerprint density at radius 2 is 1.87 bits per heavy atom. The molecule has 6 heteroatoms. The third-order valence-corrected chi connectivity index (χ3v) is 2.15. The SMILES string of the molecule is Fc1cccc(F)c1Cc1nc(=S)[nH][nH]1. The summed E-state index contributed by atoms with van der Waals surface area (Å²) in [6, 6.07) is 3.74. The van der Waals surface area contributed by atoms with E-state index in [0.717, 1.165) is 0 Å². The summed E-state index contributed by atoms with van der Waals surface area (Å²) in [5.41, 5.74) is -0.0183. The summed E-state index contributed by atoms with van der Waals surface area (Å²) >= 11 is 4.73. The number of aromatic nitrogens is 3. The second-order valence-electron chi connectivity index (χ2n) is 2.99. The molecule has 2 rings (SSSR count). The molecule has 0 radical (unpaired) electrons. The molecule has 0 spiro atoms. The monoisotopic (exact) mass is 227 g/mol. The molecule has 0 bridgehead atoms. The molecule has 1 aromatic carbocycles. The number of halogens is 2. The highest BCUT2D eigenvalue weighted by Crippen LogP contribution is 2.14. The van der Waals surface area contributed by atoms with Gasteiger partial charge in [0, 0.05) is 12.0 Å². The number of nitrogens with zero attached hydrogens (tertiary/aromatic N) is 1. The Bertz CT molecular complexity index is 512. The van der Waals surface area contributed by atoms with Crippen molar-refractivity contribution < 1.29 is 8.78 Å². The Balaban J connectivity index is 2.35. The molecule has 1 aromatic heterocycles. The van der Waals surface area contributed by atoms with Crippen LogP contribution < -0.4 is 0 Å². The van der Waals surface area contributed by atoms with E-state index >= 15 is 0 Å². The molecule has 0 amide bonds. The number of nitrogens with one attached hydrogen (secondary N) is 2. The van der Waals surface area contributed by atoms with Gasteiger partial charge in [0.1, 0.15) is 17.5 Å². The standard InChI is InChI=1S/C9H7F2N3S/c10-6-2-1-3-7(11)5(6)4-8-12-9(15)14-13-8/h1-3H,4H2,(H2,12,13,14,15). The van der Waals surface area contributed by atoms with Crippen LogP contribution in [0.4, 0.5) is 8.78 Å². The molecule has 0 saturated heterocycles. The lowest BCUT2D eigenvalue weighted by Crippen LogP contribution is -1.98.